The molecule has 12 heavy (non-hydrogen) atoms. The smallest absolute Gasteiger partial charge is 0.177 e. The molecule has 0 bridgehead atoms. The Morgan fingerprint density at radius 2 is 1.42 bits per heavy atom. The zero-order valence-corrected chi connectivity index (χ0v) is 7.80. The minimum Gasteiger partial charge on any atom is -0.300 e. The molecule has 0 aromatic carbocycles. The first-order valence-corrected chi connectivity index (χ1v) is 3.92. The Balaban J connectivity index is 0. The Labute approximate surface area is 74.0 Å². The molecule has 0 unspecified atom stereocenters. The third kappa shape index (κ3) is 11.6. The quantitative estimate of drug-likeness (QED) is 0.603. The lowest BCUT2D eigenvalue weighted by Gasteiger charge is -1.81. The van der Waals surface area contributed by atoms with Gasteiger partial charge in [-0.25, -0.2) is 0 Å². The maximum absolute atomic E-state index is 10.2. The molecular formula is C10H16O2. The van der Waals surface area contributed by atoms with Gasteiger partial charge in [-0.1, -0.05) is 27.0 Å². The Morgan fingerprint density at radius 1 is 1.08 bits per heavy atom. The summed E-state index contributed by atoms with van der Waals surface area (Å²) in [4.78, 5) is 20.1. The van der Waals surface area contributed by atoms with Crippen LogP contribution in [-0.2, 0) is 9.59 Å². The van der Waals surface area contributed by atoms with Crippen LogP contribution in [0.1, 0.15) is 26.7 Å². The monoisotopic (exact) mass is 168 g/mol. The summed E-state index contributed by atoms with van der Waals surface area (Å²) in [6.45, 7) is 10.2. The van der Waals surface area contributed by atoms with Crippen molar-refractivity contribution in [3.8, 4) is 0 Å². The Hall–Kier alpha value is -1.18. The fraction of sp³-hybridized carbons (Fsp3) is 0.400. The summed E-state index contributed by atoms with van der Waals surface area (Å²) in [7, 11) is 0. The molecule has 0 atom stereocenters. The van der Waals surface area contributed by atoms with Gasteiger partial charge in [-0.05, 0) is 12.2 Å². The van der Waals surface area contributed by atoms with Gasteiger partial charge >= 0.3 is 0 Å². The van der Waals surface area contributed by atoms with Crippen molar-refractivity contribution < 1.29 is 9.59 Å². The minimum absolute atomic E-state index is 0.130. The molecule has 0 aromatic heterocycles. The second-order valence-corrected chi connectivity index (χ2v) is 2.06. The molecule has 0 fully saturated rings. The first kappa shape index (κ1) is 13.4. The summed E-state index contributed by atoms with van der Waals surface area (Å²) >= 11 is 0. The van der Waals surface area contributed by atoms with Gasteiger partial charge in [-0.15, -0.1) is 0 Å². The molecule has 0 saturated heterocycles. The normalized spacial score (nSPS) is 7.50. The highest BCUT2D eigenvalue weighted by Gasteiger charge is 1.86. The van der Waals surface area contributed by atoms with Crippen LogP contribution in [0, 0.1) is 0 Å². The van der Waals surface area contributed by atoms with Gasteiger partial charge in [0.1, 0.15) is 5.78 Å². The van der Waals surface area contributed by atoms with Crippen LogP contribution in [0.15, 0.2) is 25.3 Å². The predicted octanol–water partition coefficient (Wildman–Crippen LogP) is 2.30. The van der Waals surface area contributed by atoms with E-state index in [4.69, 9.17) is 0 Å². The molecule has 0 aromatic rings. The van der Waals surface area contributed by atoms with E-state index in [-0.39, 0.29) is 5.78 Å². The lowest BCUT2D eigenvalue weighted by atomic mass is 10.3. The maximum atomic E-state index is 10.2. The highest BCUT2D eigenvalue weighted by molar-refractivity contribution is 5.98. The second-order valence-electron chi connectivity index (χ2n) is 2.06. The molecule has 0 heterocycles. The summed E-state index contributed by atoms with van der Waals surface area (Å²) in [5.74, 6) is 0.213. The van der Waals surface area contributed by atoms with Crippen LogP contribution >= 0.6 is 0 Å². The number of carbonyl (C=O) groups excluding carboxylic acids is 2. The van der Waals surface area contributed by atoms with Gasteiger partial charge in [0.25, 0.3) is 0 Å². The van der Waals surface area contributed by atoms with Crippen LogP contribution in [0.2, 0.25) is 0 Å². The van der Waals surface area contributed by atoms with Crippen molar-refractivity contribution in [3.63, 3.8) is 0 Å². The third-order valence-corrected chi connectivity index (χ3v) is 1.19. The third-order valence-electron chi connectivity index (χ3n) is 1.19. The average molecular weight is 168 g/mol. The predicted molar refractivity (Wildman–Crippen MR) is 51.0 cm³/mol. The molecule has 0 N–H and O–H groups in total. The van der Waals surface area contributed by atoms with E-state index in [1.54, 1.807) is 0 Å². The van der Waals surface area contributed by atoms with E-state index in [0.717, 1.165) is 0 Å². The van der Waals surface area contributed by atoms with Crippen molar-refractivity contribution in [2.45, 2.75) is 26.7 Å². The molecule has 0 aliphatic rings. The van der Waals surface area contributed by atoms with E-state index in [2.05, 4.69) is 13.2 Å². The van der Waals surface area contributed by atoms with Gasteiger partial charge in [0.05, 0.1) is 0 Å². The zero-order valence-electron chi connectivity index (χ0n) is 7.80. The first-order valence-electron chi connectivity index (χ1n) is 3.92. The molecule has 2 heteroatoms. The molecule has 68 valence electrons. The highest BCUT2D eigenvalue weighted by Crippen LogP contribution is 1.83. The van der Waals surface area contributed by atoms with E-state index < -0.39 is 0 Å². The van der Waals surface area contributed by atoms with Gasteiger partial charge in [0, 0.05) is 12.8 Å². The van der Waals surface area contributed by atoms with Crippen LogP contribution in [0.4, 0.5) is 0 Å². The van der Waals surface area contributed by atoms with Crippen LogP contribution in [-0.4, -0.2) is 11.6 Å². The molecule has 2 nitrogen and oxygen atoms in total. The molecule has 0 spiro atoms. The van der Waals surface area contributed by atoms with Crippen molar-refractivity contribution in [2.24, 2.45) is 0 Å². The largest absolute Gasteiger partial charge is 0.300 e. The minimum atomic E-state index is -0.130. The fourth-order valence-electron chi connectivity index (χ4n) is 0.333. The summed E-state index contributed by atoms with van der Waals surface area (Å²) < 4.78 is 0. The SMILES string of the molecule is C=CC(=O)C=C.CCC(=O)CC. The molecule has 0 saturated carbocycles. The van der Waals surface area contributed by atoms with Gasteiger partial charge in [-0.2, -0.15) is 0 Å². The van der Waals surface area contributed by atoms with Crippen molar-refractivity contribution in [2.75, 3.05) is 0 Å². The maximum Gasteiger partial charge on any atom is 0.177 e. The summed E-state index contributed by atoms with van der Waals surface area (Å²) in [5.41, 5.74) is 0. The average Bonchev–Trinajstić information content (AvgIpc) is 2.16. The zero-order chi connectivity index (χ0) is 9.98. The lowest BCUT2D eigenvalue weighted by Crippen LogP contribution is -1.88. The number of ketones is 2. The summed E-state index contributed by atoms with van der Waals surface area (Å²) in [5, 5.41) is 0. The van der Waals surface area contributed by atoms with Crippen molar-refractivity contribution in [3.05, 3.63) is 25.3 Å². The topological polar surface area (TPSA) is 34.1 Å². The Bertz CT molecular complexity index is 153. The van der Waals surface area contributed by atoms with Gasteiger partial charge in [-0.3, -0.25) is 9.59 Å². The van der Waals surface area contributed by atoms with Crippen LogP contribution < -0.4 is 0 Å². The van der Waals surface area contributed by atoms with Crippen molar-refractivity contribution in [1.82, 2.24) is 0 Å². The molecular weight excluding hydrogens is 152 g/mol. The number of carbonyl (C=O) groups is 2. The van der Waals surface area contributed by atoms with E-state index in [1.165, 1.54) is 12.2 Å². The number of rotatable bonds is 4. The number of hydrogen-bond acceptors (Lipinski definition) is 2. The lowest BCUT2D eigenvalue weighted by molar-refractivity contribution is -0.118. The second kappa shape index (κ2) is 9.82. The standard InChI is InChI=1S/C5H10O.C5H6O/c2*1-3-5(6)4-2/h3-4H2,1-2H3;3-4H,1-2H2. The summed E-state index contributed by atoms with van der Waals surface area (Å²) in [6, 6.07) is 0. The van der Waals surface area contributed by atoms with Crippen LogP contribution in [0.3, 0.4) is 0 Å². The van der Waals surface area contributed by atoms with E-state index in [0.29, 0.717) is 18.6 Å². The Morgan fingerprint density at radius 3 is 1.42 bits per heavy atom. The number of Topliss-reactive ketones (excluding diaryl/α,β-unsaturated/α-hetero) is 1. The van der Waals surface area contributed by atoms with Gasteiger partial charge in [0.2, 0.25) is 0 Å². The number of allylic oxidation sites excluding steroid dienone is 2. The van der Waals surface area contributed by atoms with E-state index in [9.17, 15) is 9.59 Å². The van der Waals surface area contributed by atoms with E-state index in [1.807, 2.05) is 13.8 Å². The molecule has 0 aliphatic heterocycles. The van der Waals surface area contributed by atoms with Crippen LogP contribution in [0.25, 0.3) is 0 Å². The summed E-state index contributed by atoms with van der Waals surface area (Å²) in [6.07, 6.45) is 3.81. The van der Waals surface area contributed by atoms with Crippen LogP contribution in [0.5, 0.6) is 0 Å². The van der Waals surface area contributed by atoms with Crippen molar-refractivity contribution in [1.29, 1.82) is 0 Å². The molecule has 0 radical (unpaired) electrons. The number of hydrogen-bond donors (Lipinski definition) is 0. The van der Waals surface area contributed by atoms with E-state index >= 15 is 0 Å². The van der Waals surface area contributed by atoms with Gasteiger partial charge in [0.15, 0.2) is 5.78 Å². The van der Waals surface area contributed by atoms with Crippen molar-refractivity contribution >= 4 is 11.6 Å². The molecule has 0 rings (SSSR count). The first-order chi connectivity index (χ1) is 5.62. The fourth-order valence-corrected chi connectivity index (χ4v) is 0.333. The molecule has 0 aliphatic carbocycles. The van der Waals surface area contributed by atoms with Gasteiger partial charge < -0.3 is 0 Å². The molecule has 0 amide bonds. The highest BCUT2D eigenvalue weighted by atomic mass is 16.1. The Kier molecular flexibility index (Phi) is 11.0.